The highest BCUT2D eigenvalue weighted by molar-refractivity contribution is 4.75. The number of methoxy groups -OCH3 is 1. The summed E-state index contributed by atoms with van der Waals surface area (Å²) in [5.74, 6) is 0.732. The van der Waals surface area contributed by atoms with Crippen molar-refractivity contribution >= 4 is 0 Å². The quantitative estimate of drug-likeness (QED) is 0.572. The average molecular weight is 287 g/mol. The van der Waals surface area contributed by atoms with Crippen LogP contribution in [-0.4, -0.2) is 33.4 Å². The molecular formula is C17H38N2O. The Morgan fingerprint density at radius 2 is 1.75 bits per heavy atom. The number of hydrogen-bond donors (Lipinski definition) is 2. The van der Waals surface area contributed by atoms with E-state index in [1.807, 2.05) is 0 Å². The molecule has 0 fully saturated rings. The second-order valence-corrected chi connectivity index (χ2v) is 7.87. The molecule has 1 unspecified atom stereocenters. The summed E-state index contributed by atoms with van der Waals surface area (Å²) in [5.41, 5.74) is 6.42. The van der Waals surface area contributed by atoms with E-state index in [1.54, 1.807) is 7.11 Å². The summed E-state index contributed by atoms with van der Waals surface area (Å²) in [6.45, 7) is 15.4. The topological polar surface area (TPSA) is 47.3 Å². The van der Waals surface area contributed by atoms with Crippen LogP contribution in [0.1, 0.15) is 60.3 Å². The third-order valence-corrected chi connectivity index (χ3v) is 4.23. The monoisotopic (exact) mass is 286 g/mol. The second kappa shape index (κ2) is 9.75. The van der Waals surface area contributed by atoms with Gasteiger partial charge in [0.15, 0.2) is 0 Å². The normalized spacial score (nSPS) is 14.6. The van der Waals surface area contributed by atoms with Crippen molar-refractivity contribution in [2.24, 2.45) is 22.5 Å². The highest BCUT2D eigenvalue weighted by Gasteiger charge is 2.23. The fraction of sp³-hybridized carbons (Fsp3) is 1.00. The first-order valence-electron chi connectivity index (χ1n) is 8.12. The van der Waals surface area contributed by atoms with E-state index in [9.17, 15) is 0 Å². The molecule has 1 atom stereocenters. The molecule has 0 aliphatic carbocycles. The molecule has 0 aromatic rings. The number of rotatable bonds is 11. The fourth-order valence-electron chi connectivity index (χ4n) is 2.58. The SMILES string of the molecule is COCCC(C)(C)CNCCCC(CCN)C(C)(C)C. The number of nitrogens with two attached hydrogens (primary N) is 1. The zero-order valence-electron chi connectivity index (χ0n) is 14.7. The first-order valence-corrected chi connectivity index (χ1v) is 8.12. The van der Waals surface area contributed by atoms with Crippen molar-refractivity contribution in [2.75, 3.05) is 33.4 Å². The van der Waals surface area contributed by atoms with E-state index in [0.717, 1.165) is 45.0 Å². The molecule has 0 aliphatic rings. The third-order valence-electron chi connectivity index (χ3n) is 4.23. The van der Waals surface area contributed by atoms with Gasteiger partial charge in [0.05, 0.1) is 0 Å². The Hall–Kier alpha value is -0.120. The van der Waals surface area contributed by atoms with Crippen LogP contribution in [0.2, 0.25) is 0 Å². The minimum atomic E-state index is 0.316. The first-order chi connectivity index (χ1) is 9.23. The van der Waals surface area contributed by atoms with Gasteiger partial charge in [-0.05, 0) is 55.5 Å². The van der Waals surface area contributed by atoms with Crippen LogP contribution in [0.15, 0.2) is 0 Å². The maximum absolute atomic E-state index is 5.73. The van der Waals surface area contributed by atoms with Crippen molar-refractivity contribution in [1.82, 2.24) is 5.32 Å². The van der Waals surface area contributed by atoms with E-state index in [4.69, 9.17) is 10.5 Å². The maximum Gasteiger partial charge on any atom is 0.0467 e. The van der Waals surface area contributed by atoms with Crippen molar-refractivity contribution < 1.29 is 4.74 Å². The van der Waals surface area contributed by atoms with E-state index in [-0.39, 0.29) is 0 Å². The summed E-state index contributed by atoms with van der Waals surface area (Å²) < 4.78 is 5.16. The fourth-order valence-corrected chi connectivity index (χ4v) is 2.58. The Kier molecular flexibility index (Phi) is 9.69. The van der Waals surface area contributed by atoms with Crippen LogP contribution < -0.4 is 11.1 Å². The van der Waals surface area contributed by atoms with E-state index >= 15 is 0 Å². The molecule has 0 aliphatic heterocycles. The molecule has 122 valence electrons. The van der Waals surface area contributed by atoms with E-state index in [0.29, 0.717) is 10.8 Å². The summed E-state index contributed by atoms with van der Waals surface area (Å²) in [6.07, 6.45) is 4.76. The number of ether oxygens (including phenoxy) is 1. The largest absolute Gasteiger partial charge is 0.385 e. The van der Waals surface area contributed by atoms with Crippen LogP contribution in [0.3, 0.4) is 0 Å². The molecule has 0 heterocycles. The highest BCUT2D eigenvalue weighted by atomic mass is 16.5. The molecule has 0 bridgehead atoms. The van der Waals surface area contributed by atoms with Gasteiger partial charge < -0.3 is 15.8 Å². The molecule has 0 saturated heterocycles. The number of nitrogens with one attached hydrogen (secondary N) is 1. The van der Waals surface area contributed by atoms with Gasteiger partial charge in [-0.15, -0.1) is 0 Å². The van der Waals surface area contributed by atoms with Gasteiger partial charge in [0.2, 0.25) is 0 Å². The van der Waals surface area contributed by atoms with Crippen molar-refractivity contribution in [1.29, 1.82) is 0 Å². The molecule has 3 N–H and O–H groups in total. The van der Waals surface area contributed by atoms with Gasteiger partial charge in [0, 0.05) is 20.3 Å². The van der Waals surface area contributed by atoms with Gasteiger partial charge in [-0.1, -0.05) is 34.6 Å². The van der Waals surface area contributed by atoms with Crippen LogP contribution in [0.5, 0.6) is 0 Å². The molecule has 3 nitrogen and oxygen atoms in total. The van der Waals surface area contributed by atoms with Crippen LogP contribution >= 0.6 is 0 Å². The van der Waals surface area contributed by atoms with Gasteiger partial charge >= 0.3 is 0 Å². The molecule has 0 radical (unpaired) electrons. The summed E-state index contributed by atoms with van der Waals surface area (Å²) in [5, 5.41) is 3.60. The van der Waals surface area contributed by atoms with Crippen molar-refractivity contribution in [3.8, 4) is 0 Å². The van der Waals surface area contributed by atoms with Crippen LogP contribution in [0.25, 0.3) is 0 Å². The molecule has 0 aromatic carbocycles. The van der Waals surface area contributed by atoms with Gasteiger partial charge in [-0.25, -0.2) is 0 Å². The minimum Gasteiger partial charge on any atom is -0.385 e. The van der Waals surface area contributed by atoms with Crippen LogP contribution in [0.4, 0.5) is 0 Å². The van der Waals surface area contributed by atoms with Crippen LogP contribution in [-0.2, 0) is 4.74 Å². The highest BCUT2D eigenvalue weighted by Crippen LogP contribution is 2.31. The number of hydrogen-bond acceptors (Lipinski definition) is 3. The molecule has 3 heteroatoms. The van der Waals surface area contributed by atoms with E-state index in [1.165, 1.54) is 12.8 Å². The molecule has 0 spiro atoms. The predicted octanol–water partition coefficient (Wildman–Crippen LogP) is 3.43. The molecular weight excluding hydrogens is 248 g/mol. The first kappa shape index (κ1) is 19.9. The second-order valence-electron chi connectivity index (χ2n) is 7.87. The van der Waals surface area contributed by atoms with E-state index in [2.05, 4.69) is 39.9 Å². The standard InChI is InChI=1S/C17H38N2O/c1-16(2,3)15(9-11-18)8-7-12-19-14-17(4,5)10-13-20-6/h15,19H,7-14,18H2,1-6H3. The van der Waals surface area contributed by atoms with Gasteiger partial charge in [0.25, 0.3) is 0 Å². The summed E-state index contributed by atoms with van der Waals surface area (Å²) >= 11 is 0. The predicted molar refractivity (Wildman–Crippen MR) is 89.0 cm³/mol. The Bertz CT molecular complexity index is 234. The average Bonchev–Trinajstić information content (AvgIpc) is 2.33. The van der Waals surface area contributed by atoms with Gasteiger partial charge in [0.1, 0.15) is 0 Å². The Labute approximate surface area is 127 Å². The lowest BCUT2D eigenvalue weighted by Crippen LogP contribution is -2.31. The third kappa shape index (κ3) is 9.73. The Morgan fingerprint density at radius 3 is 2.25 bits per heavy atom. The molecule has 0 amide bonds. The maximum atomic E-state index is 5.73. The van der Waals surface area contributed by atoms with Crippen molar-refractivity contribution in [2.45, 2.75) is 60.3 Å². The molecule has 0 saturated carbocycles. The lowest BCUT2D eigenvalue weighted by molar-refractivity contribution is 0.150. The lowest BCUT2D eigenvalue weighted by atomic mass is 9.76. The summed E-state index contributed by atoms with van der Waals surface area (Å²) in [7, 11) is 1.77. The van der Waals surface area contributed by atoms with Gasteiger partial charge in [-0.3, -0.25) is 0 Å². The summed E-state index contributed by atoms with van der Waals surface area (Å²) in [4.78, 5) is 0. The Balaban J connectivity index is 3.84. The Morgan fingerprint density at radius 1 is 1.10 bits per heavy atom. The van der Waals surface area contributed by atoms with Crippen LogP contribution in [0, 0.1) is 16.7 Å². The lowest BCUT2D eigenvalue weighted by Gasteiger charge is -2.31. The molecule has 0 aromatic heterocycles. The smallest absolute Gasteiger partial charge is 0.0467 e. The van der Waals surface area contributed by atoms with E-state index < -0.39 is 0 Å². The molecule has 20 heavy (non-hydrogen) atoms. The minimum absolute atomic E-state index is 0.316. The summed E-state index contributed by atoms with van der Waals surface area (Å²) in [6, 6.07) is 0. The van der Waals surface area contributed by atoms with Crippen molar-refractivity contribution in [3.63, 3.8) is 0 Å². The zero-order chi connectivity index (χ0) is 15.6. The zero-order valence-corrected chi connectivity index (χ0v) is 14.7. The van der Waals surface area contributed by atoms with Gasteiger partial charge in [-0.2, -0.15) is 0 Å². The molecule has 0 rings (SSSR count). The van der Waals surface area contributed by atoms with Crippen molar-refractivity contribution in [3.05, 3.63) is 0 Å².